The zero-order chi connectivity index (χ0) is 19.5. The van der Waals surface area contributed by atoms with Gasteiger partial charge in [-0.3, -0.25) is 0 Å². The molecule has 0 saturated heterocycles. The number of ether oxygens (including phenoxy) is 4. The summed E-state index contributed by atoms with van der Waals surface area (Å²) in [5.74, 6) is 6.36. The summed E-state index contributed by atoms with van der Waals surface area (Å²) in [4.78, 5) is 22.6. The third kappa shape index (κ3) is 6.53. The molecule has 2 rings (SSSR count). The van der Waals surface area contributed by atoms with E-state index >= 15 is 0 Å². The maximum absolute atomic E-state index is 11.7. The lowest BCUT2D eigenvalue weighted by Crippen LogP contribution is -2.06. The second kappa shape index (κ2) is 10.7. The molecule has 2 aromatic rings. The number of carbonyl (C=O) groups excluding carboxylic acids is 1. The highest BCUT2D eigenvalue weighted by Gasteiger charge is 2.05. The molecule has 0 unspecified atom stereocenters. The summed E-state index contributed by atoms with van der Waals surface area (Å²) in [6.07, 6.45) is 2.65. The van der Waals surface area contributed by atoms with Crippen molar-refractivity contribution in [3.63, 3.8) is 0 Å². The van der Waals surface area contributed by atoms with Crippen molar-refractivity contribution < 1.29 is 28.2 Å². The molecule has 1 aromatic carbocycles. The fraction of sp³-hybridized carbons (Fsp3) is 0.300. The van der Waals surface area contributed by atoms with Gasteiger partial charge in [-0.25, -0.2) is 9.59 Å². The molecule has 7 heteroatoms. The van der Waals surface area contributed by atoms with Gasteiger partial charge in [0.2, 0.25) is 0 Å². The fourth-order valence-electron chi connectivity index (χ4n) is 2.09. The van der Waals surface area contributed by atoms with Gasteiger partial charge in [-0.1, -0.05) is 17.9 Å². The number of methoxy groups -OCH3 is 1. The second-order valence-electron chi connectivity index (χ2n) is 5.12. The SMILES string of the molecule is CCOC(=O)OC/C=C\COCC#Cc1cc(=O)oc2cc(OC)ccc12. The highest BCUT2D eigenvalue weighted by Crippen LogP contribution is 2.21. The first kappa shape index (κ1) is 20.1. The van der Waals surface area contributed by atoms with Crippen LogP contribution >= 0.6 is 0 Å². The molecular formula is C20H20O7. The van der Waals surface area contributed by atoms with Crippen LogP contribution in [0, 0.1) is 11.8 Å². The standard InChI is InChI=1S/C20H20O7/c1-3-25-20(22)26-12-5-4-10-24-11-6-7-15-13-19(21)27-18-14-16(23-2)8-9-17(15)18/h4-5,8-9,13-14H,3,10-12H2,1-2H3/b5-4-. The lowest BCUT2D eigenvalue weighted by Gasteiger charge is -2.02. The zero-order valence-corrected chi connectivity index (χ0v) is 15.2. The molecule has 0 bridgehead atoms. The Kier molecular flexibility index (Phi) is 7.94. The van der Waals surface area contributed by atoms with Gasteiger partial charge >= 0.3 is 11.8 Å². The molecule has 27 heavy (non-hydrogen) atoms. The Morgan fingerprint density at radius 2 is 2.00 bits per heavy atom. The summed E-state index contributed by atoms with van der Waals surface area (Å²) in [7, 11) is 1.54. The normalized spacial score (nSPS) is 10.4. The molecule has 0 aliphatic carbocycles. The van der Waals surface area contributed by atoms with Gasteiger partial charge in [-0.05, 0) is 25.1 Å². The van der Waals surface area contributed by atoms with Crippen LogP contribution in [0.4, 0.5) is 4.79 Å². The molecule has 1 heterocycles. The van der Waals surface area contributed by atoms with Crippen molar-refractivity contribution in [1.82, 2.24) is 0 Å². The molecular weight excluding hydrogens is 352 g/mol. The average Bonchev–Trinajstić information content (AvgIpc) is 2.66. The maximum atomic E-state index is 11.7. The van der Waals surface area contributed by atoms with Crippen LogP contribution in [-0.2, 0) is 14.2 Å². The molecule has 0 amide bonds. The van der Waals surface area contributed by atoms with E-state index in [0.717, 1.165) is 5.39 Å². The van der Waals surface area contributed by atoms with E-state index in [-0.39, 0.29) is 19.8 Å². The molecule has 1 aromatic heterocycles. The van der Waals surface area contributed by atoms with E-state index < -0.39 is 11.8 Å². The van der Waals surface area contributed by atoms with Gasteiger partial charge in [0, 0.05) is 23.1 Å². The van der Waals surface area contributed by atoms with E-state index in [2.05, 4.69) is 16.6 Å². The zero-order valence-electron chi connectivity index (χ0n) is 15.2. The van der Waals surface area contributed by atoms with Crippen molar-refractivity contribution in [2.45, 2.75) is 6.92 Å². The van der Waals surface area contributed by atoms with Crippen molar-refractivity contribution in [1.29, 1.82) is 0 Å². The largest absolute Gasteiger partial charge is 0.508 e. The highest BCUT2D eigenvalue weighted by molar-refractivity contribution is 5.84. The molecule has 0 radical (unpaired) electrons. The van der Waals surface area contributed by atoms with Crippen LogP contribution in [0.3, 0.4) is 0 Å². The first-order valence-corrected chi connectivity index (χ1v) is 8.27. The average molecular weight is 372 g/mol. The minimum atomic E-state index is -0.703. The monoisotopic (exact) mass is 372 g/mol. The fourth-order valence-corrected chi connectivity index (χ4v) is 2.09. The van der Waals surface area contributed by atoms with Crippen LogP contribution < -0.4 is 10.4 Å². The Morgan fingerprint density at radius 1 is 1.19 bits per heavy atom. The van der Waals surface area contributed by atoms with E-state index in [4.69, 9.17) is 18.6 Å². The number of hydrogen-bond acceptors (Lipinski definition) is 7. The first-order valence-electron chi connectivity index (χ1n) is 8.27. The summed E-state index contributed by atoms with van der Waals surface area (Å²) < 4.78 is 25.0. The minimum Gasteiger partial charge on any atom is -0.497 e. The van der Waals surface area contributed by atoms with Crippen molar-refractivity contribution in [2.24, 2.45) is 0 Å². The van der Waals surface area contributed by atoms with E-state index in [0.29, 0.717) is 23.5 Å². The van der Waals surface area contributed by atoms with E-state index in [9.17, 15) is 9.59 Å². The van der Waals surface area contributed by atoms with E-state index in [1.54, 1.807) is 37.3 Å². The van der Waals surface area contributed by atoms with Crippen molar-refractivity contribution in [2.75, 3.05) is 33.5 Å². The quantitative estimate of drug-likeness (QED) is 0.243. The van der Waals surface area contributed by atoms with Crippen LogP contribution in [-0.4, -0.2) is 39.7 Å². The number of fused-ring (bicyclic) bond motifs is 1. The van der Waals surface area contributed by atoms with Crippen LogP contribution in [0.15, 0.2) is 45.6 Å². The predicted molar refractivity (Wildman–Crippen MR) is 98.8 cm³/mol. The molecule has 0 fully saturated rings. The second-order valence-corrected chi connectivity index (χ2v) is 5.12. The Hall–Kier alpha value is -3.24. The molecule has 0 aliphatic heterocycles. The molecule has 142 valence electrons. The van der Waals surface area contributed by atoms with E-state index in [1.807, 2.05) is 0 Å². The summed E-state index contributed by atoms with van der Waals surface area (Å²) >= 11 is 0. The Balaban J connectivity index is 1.86. The van der Waals surface area contributed by atoms with Gasteiger partial charge in [-0.2, -0.15) is 0 Å². The lowest BCUT2D eigenvalue weighted by atomic mass is 10.1. The number of benzene rings is 1. The molecule has 0 aliphatic rings. The van der Waals surface area contributed by atoms with Crippen molar-refractivity contribution in [3.8, 4) is 17.6 Å². The van der Waals surface area contributed by atoms with Gasteiger partial charge in [0.1, 0.15) is 24.5 Å². The smallest absolute Gasteiger partial charge is 0.497 e. The number of carbonyl (C=O) groups is 1. The predicted octanol–water partition coefficient (Wildman–Crippen LogP) is 2.90. The first-order chi connectivity index (χ1) is 13.1. The van der Waals surface area contributed by atoms with Crippen LogP contribution in [0.2, 0.25) is 0 Å². The Labute approximate surface area is 156 Å². The molecule has 0 saturated carbocycles. The topological polar surface area (TPSA) is 84.2 Å². The van der Waals surface area contributed by atoms with Crippen molar-refractivity contribution >= 4 is 17.1 Å². The van der Waals surface area contributed by atoms with Crippen LogP contribution in [0.1, 0.15) is 12.5 Å². The molecule has 0 N–H and O–H groups in total. The maximum Gasteiger partial charge on any atom is 0.508 e. The van der Waals surface area contributed by atoms with Gasteiger partial charge in [0.25, 0.3) is 0 Å². The third-order valence-corrected chi connectivity index (χ3v) is 3.29. The number of rotatable bonds is 7. The van der Waals surface area contributed by atoms with E-state index in [1.165, 1.54) is 13.2 Å². The summed E-state index contributed by atoms with van der Waals surface area (Å²) in [5.41, 5.74) is 0.494. The minimum absolute atomic E-state index is 0.114. The van der Waals surface area contributed by atoms with Crippen LogP contribution in [0.25, 0.3) is 11.0 Å². The molecule has 7 nitrogen and oxygen atoms in total. The summed E-state index contributed by atoms with van der Waals surface area (Å²) in [5, 5.41) is 0.721. The third-order valence-electron chi connectivity index (χ3n) is 3.29. The summed E-state index contributed by atoms with van der Waals surface area (Å²) in [6, 6.07) is 6.54. The van der Waals surface area contributed by atoms with Gasteiger partial charge < -0.3 is 23.4 Å². The van der Waals surface area contributed by atoms with Gasteiger partial charge in [0.15, 0.2) is 0 Å². The van der Waals surface area contributed by atoms with Gasteiger partial charge in [0.05, 0.1) is 20.3 Å². The summed E-state index contributed by atoms with van der Waals surface area (Å²) in [6.45, 7) is 2.59. The lowest BCUT2D eigenvalue weighted by molar-refractivity contribution is 0.0671. The van der Waals surface area contributed by atoms with Crippen molar-refractivity contribution in [3.05, 3.63) is 52.4 Å². The van der Waals surface area contributed by atoms with Gasteiger partial charge in [-0.15, -0.1) is 0 Å². The number of hydrogen-bond donors (Lipinski definition) is 0. The molecule has 0 atom stereocenters. The Morgan fingerprint density at radius 3 is 2.78 bits per heavy atom. The molecule has 0 spiro atoms. The van der Waals surface area contributed by atoms with Crippen LogP contribution in [0.5, 0.6) is 5.75 Å². The highest BCUT2D eigenvalue weighted by atomic mass is 16.7. The Bertz CT molecular complexity index is 915.